The van der Waals surface area contributed by atoms with Gasteiger partial charge in [0.2, 0.25) is 0 Å². The summed E-state index contributed by atoms with van der Waals surface area (Å²) in [6.45, 7) is 4.28. The molecule has 0 atom stereocenters. The minimum Gasteiger partial charge on any atom is -0.256 e. The molecule has 0 N–H and O–H groups in total. The van der Waals surface area contributed by atoms with Crippen molar-refractivity contribution < 1.29 is 0 Å². The molecule has 0 amide bonds. The van der Waals surface area contributed by atoms with Gasteiger partial charge in [-0.25, -0.2) is 0 Å². The van der Waals surface area contributed by atoms with Gasteiger partial charge in [-0.3, -0.25) is 4.98 Å². The summed E-state index contributed by atoms with van der Waals surface area (Å²) in [5, 5.41) is 5.11. The average Bonchev–Trinajstić information content (AvgIpc) is 2.56. The third-order valence-electron chi connectivity index (χ3n) is 4.32. The first-order valence-electron chi connectivity index (χ1n) is 7.58. The van der Waals surface area contributed by atoms with E-state index in [1.807, 2.05) is 6.20 Å². The van der Waals surface area contributed by atoms with Crippen LogP contribution in [0.2, 0.25) is 0 Å². The number of aromatic nitrogens is 1. The highest BCUT2D eigenvalue weighted by Gasteiger charge is 2.09. The Balaban J connectivity index is 2.11. The topological polar surface area (TPSA) is 12.9 Å². The van der Waals surface area contributed by atoms with Gasteiger partial charge >= 0.3 is 0 Å². The van der Waals surface area contributed by atoms with E-state index in [0.29, 0.717) is 0 Å². The minimum absolute atomic E-state index is 1.06. The van der Waals surface area contributed by atoms with Gasteiger partial charge in [-0.15, -0.1) is 0 Å². The van der Waals surface area contributed by atoms with Crippen molar-refractivity contribution in [1.29, 1.82) is 0 Å². The van der Waals surface area contributed by atoms with E-state index in [4.69, 9.17) is 0 Å². The van der Waals surface area contributed by atoms with Crippen molar-refractivity contribution in [1.82, 2.24) is 4.98 Å². The van der Waals surface area contributed by atoms with Crippen LogP contribution in [0.1, 0.15) is 11.1 Å². The van der Waals surface area contributed by atoms with Crippen molar-refractivity contribution in [2.24, 2.45) is 0 Å². The quantitative estimate of drug-likeness (QED) is 0.410. The molecule has 4 aromatic rings. The Morgan fingerprint density at radius 3 is 2.14 bits per heavy atom. The molecule has 0 unspecified atom stereocenters. The van der Waals surface area contributed by atoms with E-state index < -0.39 is 0 Å². The lowest BCUT2D eigenvalue weighted by molar-refractivity contribution is 1.35. The SMILES string of the molecule is Cc1ccc(-c2nccc3c2cc(C)c2ccccc23)cc1. The molecule has 1 nitrogen and oxygen atoms in total. The highest BCUT2D eigenvalue weighted by atomic mass is 14.7. The van der Waals surface area contributed by atoms with Crippen molar-refractivity contribution in [3.05, 3.63) is 78.0 Å². The Labute approximate surface area is 130 Å². The lowest BCUT2D eigenvalue weighted by Gasteiger charge is -2.11. The van der Waals surface area contributed by atoms with Gasteiger partial charge in [0.05, 0.1) is 5.69 Å². The van der Waals surface area contributed by atoms with Crippen LogP contribution in [0.3, 0.4) is 0 Å². The van der Waals surface area contributed by atoms with Crippen molar-refractivity contribution in [3.8, 4) is 11.3 Å². The van der Waals surface area contributed by atoms with Crippen LogP contribution in [0.25, 0.3) is 32.8 Å². The Hall–Kier alpha value is -2.67. The molecule has 4 rings (SSSR count). The number of pyridine rings is 1. The zero-order valence-electron chi connectivity index (χ0n) is 12.8. The van der Waals surface area contributed by atoms with Crippen LogP contribution in [0, 0.1) is 13.8 Å². The summed E-state index contributed by atoms with van der Waals surface area (Å²) in [7, 11) is 0. The summed E-state index contributed by atoms with van der Waals surface area (Å²) < 4.78 is 0. The largest absolute Gasteiger partial charge is 0.256 e. The molecule has 22 heavy (non-hydrogen) atoms. The molecule has 0 radical (unpaired) electrons. The maximum absolute atomic E-state index is 4.65. The number of rotatable bonds is 1. The lowest BCUT2D eigenvalue weighted by Crippen LogP contribution is -1.89. The molecule has 0 bridgehead atoms. The fourth-order valence-corrected chi connectivity index (χ4v) is 3.15. The standard InChI is InChI=1S/C21H17N/c1-14-7-9-16(10-8-14)21-20-13-15(2)17-5-3-4-6-18(17)19(20)11-12-22-21/h3-13H,1-2H3. The summed E-state index contributed by atoms with van der Waals surface area (Å²) in [5.41, 5.74) is 4.80. The molecule has 0 aliphatic carbocycles. The second-order valence-electron chi connectivity index (χ2n) is 5.86. The van der Waals surface area contributed by atoms with E-state index in [0.717, 1.165) is 5.69 Å². The van der Waals surface area contributed by atoms with Gasteiger partial charge in [0.25, 0.3) is 0 Å². The summed E-state index contributed by atoms with van der Waals surface area (Å²) in [5.74, 6) is 0. The number of hydrogen-bond acceptors (Lipinski definition) is 1. The lowest BCUT2D eigenvalue weighted by atomic mass is 9.95. The molecule has 0 fully saturated rings. The van der Waals surface area contributed by atoms with Crippen LogP contribution in [0.15, 0.2) is 66.9 Å². The number of fused-ring (bicyclic) bond motifs is 3. The van der Waals surface area contributed by atoms with E-state index in [-0.39, 0.29) is 0 Å². The summed E-state index contributed by atoms with van der Waals surface area (Å²) in [6, 6.07) is 21.6. The molecule has 1 aromatic heterocycles. The molecule has 0 spiro atoms. The maximum atomic E-state index is 4.65. The zero-order chi connectivity index (χ0) is 15.1. The van der Waals surface area contributed by atoms with Gasteiger partial charge in [-0.2, -0.15) is 0 Å². The summed E-state index contributed by atoms with van der Waals surface area (Å²) in [6.07, 6.45) is 1.92. The van der Waals surface area contributed by atoms with Crippen molar-refractivity contribution in [2.75, 3.05) is 0 Å². The normalized spacial score (nSPS) is 11.2. The van der Waals surface area contributed by atoms with Crippen molar-refractivity contribution >= 4 is 21.5 Å². The molecular weight excluding hydrogens is 266 g/mol. The predicted molar refractivity (Wildman–Crippen MR) is 94.2 cm³/mol. The summed E-state index contributed by atoms with van der Waals surface area (Å²) in [4.78, 5) is 4.65. The van der Waals surface area contributed by atoms with Crippen LogP contribution in [0.5, 0.6) is 0 Å². The van der Waals surface area contributed by atoms with E-state index in [1.54, 1.807) is 0 Å². The van der Waals surface area contributed by atoms with E-state index in [9.17, 15) is 0 Å². The van der Waals surface area contributed by atoms with Crippen LogP contribution in [-0.4, -0.2) is 4.98 Å². The van der Waals surface area contributed by atoms with Crippen molar-refractivity contribution in [2.45, 2.75) is 13.8 Å². The van der Waals surface area contributed by atoms with Gasteiger partial charge in [0.1, 0.15) is 0 Å². The molecular formula is C21H17N. The molecule has 0 saturated heterocycles. The molecule has 0 aliphatic heterocycles. The first kappa shape index (κ1) is 13.0. The third-order valence-corrected chi connectivity index (χ3v) is 4.32. The Morgan fingerprint density at radius 2 is 1.36 bits per heavy atom. The number of hydrogen-bond donors (Lipinski definition) is 0. The van der Waals surface area contributed by atoms with Crippen LogP contribution >= 0.6 is 0 Å². The number of nitrogens with zero attached hydrogens (tertiary/aromatic N) is 1. The Morgan fingerprint density at radius 1 is 0.682 bits per heavy atom. The van der Waals surface area contributed by atoms with Crippen LogP contribution in [0.4, 0.5) is 0 Å². The average molecular weight is 283 g/mol. The highest BCUT2D eigenvalue weighted by Crippen LogP contribution is 2.33. The van der Waals surface area contributed by atoms with Crippen molar-refractivity contribution in [3.63, 3.8) is 0 Å². The van der Waals surface area contributed by atoms with Crippen LogP contribution in [-0.2, 0) is 0 Å². The van der Waals surface area contributed by atoms with E-state index in [1.165, 1.54) is 38.2 Å². The first-order chi connectivity index (χ1) is 10.7. The van der Waals surface area contributed by atoms with Gasteiger partial charge in [0, 0.05) is 17.1 Å². The monoisotopic (exact) mass is 283 g/mol. The Kier molecular flexibility index (Phi) is 2.93. The second kappa shape index (κ2) is 4.96. The predicted octanol–water partition coefficient (Wildman–Crippen LogP) is 5.67. The smallest absolute Gasteiger partial charge is 0.0780 e. The first-order valence-corrected chi connectivity index (χ1v) is 7.58. The molecule has 106 valence electrons. The number of benzene rings is 3. The molecule has 3 aromatic carbocycles. The second-order valence-corrected chi connectivity index (χ2v) is 5.86. The molecule has 0 saturated carbocycles. The molecule has 1 heterocycles. The number of aryl methyl sites for hydroxylation is 2. The highest BCUT2D eigenvalue weighted by molar-refractivity contribution is 6.12. The van der Waals surface area contributed by atoms with Gasteiger partial charge < -0.3 is 0 Å². The minimum atomic E-state index is 1.06. The molecule has 0 aliphatic rings. The summed E-state index contributed by atoms with van der Waals surface area (Å²) >= 11 is 0. The van der Waals surface area contributed by atoms with Gasteiger partial charge in [0.15, 0.2) is 0 Å². The van der Waals surface area contributed by atoms with Crippen LogP contribution < -0.4 is 0 Å². The zero-order valence-corrected chi connectivity index (χ0v) is 12.8. The fraction of sp³-hybridized carbons (Fsp3) is 0.0952. The molecule has 1 heteroatoms. The van der Waals surface area contributed by atoms with Gasteiger partial charge in [-0.1, -0.05) is 54.1 Å². The van der Waals surface area contributed by atoms with Gasteiger partial charge in [-0.05, 0) is 47.7 Å². The van der Waals surface area contributed by atoms with E-state index >= 15 is 0 Å². The maximum Gasteiger partial charge on any atom is 0.0780 e. The fourth-order valence-electron chi connectivity index (χ4n) is 3.15. The van der Waals surface area contributed by atoms with E-state index in [2.05, 4.69) is 79.5 Å². The Bertz CT molecular complexity index is 982. The third kappa shape index (κ3) is 1.98.